The van der Waals surface area contributed by atoms with E-state index in [4.69, 9.17) is 5.73 Å². The molecule has 3 N–H and O–H groups in total. The molecule has 3 rings (SSSR count). The molecule has 4 heteroatoms. The second kappa shape index (κ2) is 3.32. The highest BCUT2D eigenvalue weighted by Gasteiger charge is 2.38. The molecule has 1 aromatic rings. The van der Waals surface area contributed by atoms with Gasteiger partial charge in [0.05, 0.1) is 12.2 Å². The predicted molar refractivity (Wildman–Crippen MR) is 58.6 cm³/mol. The number of nitrogens with one attached hydrogen (secondary N) is 1. The SMILES string of the molecule is NC1(Cc2cnn(C3CCNC3)c2)CC1. The number of hydrogen-bond acceptors (Lipinski definition) is 3. The summed E-state index contributed by atoms with van der Waals surface area (Å²) in [6, 6.07) is 0.548. The summed E-state index contributed by atoms with van der Waals surface area (Å²) in [6.07, 6.45) is 8.67. The van der Waals surface area contributed by atoms with Crippen molar-refractivity contribution in [1.82, 2.24) is 15.1 Å². The molecule has 0 radical (unpaired) electrons. The molecule has 2 heterocycles. The molecule has 0 bridgehead atoms. The van der Waals surface area contributed by atoms with Gasteiger partial charge >= 0.3 is 0 Å². The molecule has 1 saturated heterocycles. The smallest absolute Gasteiger partial charge is 0.0655 e. The molecule has 1 atom stereocenters. The van der Waals surface area contributed by atoms with Crippen molar-refractivity contribution in [2.24, 2.45) is 5.73 Å². The molecule has 1 unspecified atom stereocenters. The second-order valence-corrected chi connectivity index (χ2v) is 5.01. The predicted octanol–water partition coefficient (Wildman–Crippen LogP) is 0.451. The summed E-state index contributed by atoms with van der Waals surface area (Å²) in [5.74, 6) is 0. The molecule has 4 nitrogen and oxygen atoms in total. The van der Waals surface area contributed by atoms with Crippen molar-refractivity contribution >= 4 is 0 Å². The Balaban J connectivity index is 1.69. The van der Waals surface area contributed by atoms with Crippen molar-refractivity contribution in [3.63, 3.8) is 0 Å². The van der Waals surface area contributed by atoms with Gasteiger partial charge in [0.15, 0.2) is 0 Å². The lowest BCUT2D eigenvalue weighted by molar-refractivity contribution is 0.490. The van der Waals surface area contributed by atoms with E-state index in [0.29, 0.717) is 6.04 Å². The highest BCUT2D eigenvalue weighted by Crippen LogP contribution is 2.35. The molecular weight excluding hydrogens is 188 g/mol. The monoisotopic (exact) mass is 206 g/mol. The van der Waals surface area contributed by atoms with Crippen LogP contribution in [-0.4, -0.2) is 28.4 Å². The summed E-state index contributed by atoms with van der Waals surface area (Å²) < 4.78 is 2.10. The Kier molecular flexibility index (Phi) is 2.07. The lowest BCUT2D eigenvalue weighted by Crippen LogP contribution is -2.24. The molecule has 2 fully saturated rings. The first-order valence-corrected chi connectivity index (χ1v) is 5.78. The Bertz CT molecular complexity index is 347. The molecular formula is C11H18N4. The first-order chi connectivity index (χ1) is 7.25. The van der Waals surface area contributed by atoms with Crippen molar-refractivity contribution < 1.29 is 0 Å². The summed E-state index contributed by atoms with van der Waals surface area (Å²) in [7, 11) is 0. The van der Waals surface area contributed by atoms with Crippen LogP contribution < -0.4 is 11.1 Å². The summed E-state index contributed by atoms with van der Waals surface area (Å²) in [5.41, 5.74) is 7.48. The van der Waals surface area contributed by atoms with E-state index in [9.17, 15) is 0 Å². The molecule has 0 spiro atoms. The molecule has 1 aliphatic heterocycles. The van der Waals surface area contributed by atoms with Crippen LogP contribution >= 0.6 is 0 Å². The summed E-state index contributed by atoms with van der Waals surface area (Å²) in [5, 5.41) is 7.79. The lowest BCUT2D eigenvalue weighted by atomic mass is 10.1. The van der Waals surface area contributed by atoms with E-state index >= 15 is 0 Å². The third kappa shape index (κ3) is 1.92. The topological polar surface area (TPSA) is 55.9 Å². The molecule has 0 aromatic carbocycles. The van der Waals surface area contributed by atoms with Crippen molar-refractivity contribution in [3.05, 3.63) is 18.0 Å². The largest absolute Gasteiger partial charge is 0.325 e. The zero-order valence-electron chi connectivity index (χ0n) is 8.95. The minimum absolute atomic E-state index is 0.0990. The van der Waals surface area contributed by atoms with Gasteiger partial charge < -0.3 is 11.1 Å². The van der Waals surface area contributed by atoms with E-state index in [1.54, 1.807) is 0 Å². The van der Waals surface area contributed by atoms with Crippen LogP contribution in [0.25, 0.3) is 0 Å². The van der Waals surface area contributed by atoms with Crippen molar-refractivity contribution in [3.8, 4) is 0 Å². The van der Waals surface area contributed by atoms with E-state index in [-0.39, 0.29) is 5.54 Å². The van der Waals surface area contributed by atoms with E-state index in [0.717, 1.165) is 19.5 Å². The number of rotatable bonds is 3. The van der Waals surface area contributed by atoms with Gasteiger partial charge in [-0.2, -0.15) is 5.10 Å². The lowest BCUT2D eigenvalue weighted by Gasteiger charge is -2.08. The van der Waals surface area contributed by atoms with Crippen molar-refractivity contribution in [2.75, 3.05) is 13.1 Å². The maximum Gasteiger partial charge on any atom is 0.0655 e. The number of aromatic nitrogens is 2. The highest BCUT2D eigenvalue weighted by molar-refractivity contribution is 5.15. The fourth-order valence-corrected chi connectivity index (χ4v) is 2.28. The van der Waals surface area contributed by atoms with Gasteiger partial charge in [0.1, 0.15) is 0 Å². The Morgan fingerprint density at radius 1 is 1.60 bits per heavy atom. The van der Waals surface area contributed by atoms with Gasteiger partial charge in [-0.3, -0.25) is 4.68 Å². The van der Waals surface area contributed by atoms with Gasteiger partial charge in [0, 0.05) is 18.3 Å². The third-order valence-electron chi connectivity index (χ3n) is 3.51. The number of hydrogen-bond donors (Lipinski definition) is 2. The molecule has 1 aliphatic carbocycles. The Morgan fingerprint density at radius 2 is 2.47 bits per heavy atom. The maximum atomic E-state index is 6.09. The van der Waals surface area contributed by atoms with Gasteiger partial charge in [0.25, 0.3) is 0 Å². The quantitative estimate of drug-likeness (QED) is 0.755. The van der Waals surface area contributed by atoms with Crippen LogP contribution in [0.3, 0.4) is 0 Å². The van der Waals surface area contributed by atoms with Gasteiger partial charge in [-0.05, 0) is 37.8 Å². The van der Waals surface area contributed by atoms with Crippen LogP contribution in [0.15, 0.2) is 12.4 Å². The van der Waals surface area contributed by atoms with E-state index in [2.05, 4.69) is 21.3 Å². The van der Waals surface area contributed by atoms with Crippen molar-refractivity contribution in [2.45, 2.75) is 37.3 Å². The first kappa shape index (κ1) is 9.36. The normalized spacial score (nSPS) is 28.2. The van der Waals surface area contributed by atoms with E-state index in [1.165, 1.54) is 24.8 Å². The van der Waals surface area contributed by atoms with Crippen LogP contribution in [0.5, 0.6) is 0 Å². The Hall–Kier alpha value is -0.870. The molecule has 1 saturated carbocycles. The molecule has 82 valence electrons. The minimum Gasteiger partial charge on any atom is -0.325 e. The third-order valence-corrected chi connectivity index (χ3v) is 3.51. The Morgan fingerprint density at radius 3 is 3.13 bits per heavy atom. The second-order valence-electron chi connectivity index (χ2n) is 5.01. The first-order valence-electron chi connectivity index (χ1n) is 5.78. The average Bonchev–Trinajstić information content (AvgIpc) is 2.73. The van der Waals surface area contributed by atoms with Crippen molar-refractivity contribution in [1.29, 1.82) is 0 Å². The molecule has 2 aliphatic rings. The zero-order valence-corrected chi connectivity index (χ0v) is 8.95. The molecule has 0 amide bonds. The maximum absolute atomic E-state index is 6.09. The molecule has 1 aromatic heterocycles. The van der Waals surface area contributed by atoms with Crippen LogP contribution in [0.4, 0.5) is 0 Å². The van der Waals surface area contributed by atoms with Gasteiger partial charge in [-0.25, -0.2) is 0 Å². The van der Waals surface area contributed by atoms with Crippen LogP contribution in [0.1, 0.15) is 30.9 Å². The summed E-state index contributed by atoms with van der Waals surface area (Å²) in [4.78, 5) is 0. The van der Waals surface area contributed by atoms with Crippen LogP contribution in [-0.2, 0) is 6.42 Å². The highest BCUT2D eigenvalue weighted by atomic mass is 15.3. The van der Waals surface area contributed by atoms with Crippen LogP contribution in [0, 0.1) is 0 Å². The van der Waals surface area contributed by atoms with E-state index in [1.807, 2.05) is 6.20 Å². The zero-order chi connectivity index (χ0) is 10.3. The van der Waals surface area contributed by atoms with Gasteiger partial charge in [-0.1, -0.05) is 0 Å². The minimum atomic E-state index is 0.0990. The average molecular weight is 206 g/mol. The Labute approximate surface area is 89.8 Å². The fraction of sp³-hybridized carbons (Fsp3) is 0.727. The number of nitrogens with two attached hydrogens (primary N) is 1. The summed E-state index contributed by atoms with van der Waals surface area (Å²) >= 11 is 0. The summed E-state index contributed by atoms with van der Waals surface area (Å²) in [6.45, 7) is 2.16. The van der Waals surface area contributed by atoms with Gasteiger partial charge in [0.2, 0.25) is 0 Å². The standard InChI is InChI=1S/C11H18N4/c12-11(2-3-11)5-9-6-14-15(8-9)10-1-4-13-7-10/h6,8,10,13H,1-5,7,12H2. The fourth-order valence-electron chi connectivity index (χ4n) is 2.28. The van der Waals surface area contributed by atoms with E-state index < -0.39 is 0 Å². The molecule has 15 heavy (non-hydrogen) atoms. The van der Waals surface area contributed by atoms with Crippen LogP contribution in [0.2, 0.25) is 0 Å². The van der Waals surface area contributed by atoms with Gasteiger partial charge in [-0.15, -0.1) is 0 Å². The number of nitrogens with zero attached hydrogens (tertiary/aromatic N) is 2.